The van der Waals surface area contributed by atoms with Gasteiger partial charge in [-0.2, -0.15) is 0 Å². The van der Waals surface area contributed by atoms with E-state index in [1.807, 2.05) is 29.5 Å². The third kappa shape index (κ3) is 1.62. The van der Waals surface area contributed by atoms with Gasteiger partial charge in [0.05, 0.1) is 0 Å². The van der Waals surface area contributed by atoms with Crippen LogP contribution in [0.3, 0.4) is 0 Å². The van der Waals surface area contributed by atoms with Gasteiger partial charge >= 0.3 is 0 Å². The van der Waals surface area contributed by atoms with Gasteiger partial charge in [0.2, 0.25) is 0 Å². The van der Waals surface area contributed by atoms with E-state index in [-0.39, 0.29) is 0 Å². The van der Waals surface area contributed by atoms with E-state index in [4.69, 9.17) is 11.6 Å². The molecule has 2 heterocycles. The molecule has 0 aliphatic carbocycles. The average molecular weight is 225 g/mol. The number of aromatic nitrogens is 2. The number of halogens is 1. The van der Waals surface area contributed by atoms with Crippen molar-refractivity contribution in [3.8, 4) is 0 Å². The Kier molecular flexibility index (Phi) is 2.24. The molecule has 0 fully saturated rings. The Morgan fingerprint density at radius 1 is 1.40 bits per heavy atom. The number of pyridine rings is 1. The highest BCUT2D eigenvalue weighted by Crippen LogP contribution is 2.28. The van der Waals surface area contributed by atoms with Crippen molar-refractivity contribution >= 4 is 17.2 Å². The van der Waals surface area contributed by atoms with Gasteiger partial charge in [0.15, 0.2) is 0 Å². The molecule has 2 aromatic heterocycles. The summed E-state index contributed by atoms with van der Waals surface area (Å²) in [6.45, 7) is 5.31. The van der Waals surface area contributed by atoms with E-state index in [2.05, 4.69) is 4.98 Å². The zero-order chi connectivity index (χ0) is 11.2. The maximum atomic E-state index is 9.90. The van der Waals surface area contributed by atoms with Crippen molar-refractivity contribution < 1.29 is 5.11 Å². The van der Waals surface area contributed by atoms with Crippen LogP contribution in [-0.2, 0) is 5.60 Å². The topological polar surface area (TPSA) is 37.5 Å². The summed E-state index contributed by atoms with van der Waals surface area (Å²) in [5, 5.41) is 10.4. The lowest BCUT2D eigenvalue weighted by molar-refractivity contribution is 0.0745. The van der Waals surface area contributed by atoms with Crippen LogP contribution in [0.25, 0.3) is 5.65 Å². The van der Waals surface area contributed by atoms with E-state index in [1.54, 1.807) is 13.8 Å². The van der Waals surface area contributed by atoms with Crippen LogP contribution in [0.15, 0.2) is 18.2 Å². The minimum atomic E-state index is -1.02. The van der Waals surface area contributed by atoms with Gasteiger partial charge in [0.25, 0.3) is 0 Å². The molecule has 0 saturated heterocycles. The Morgan fingerprint density at radius 2 is 2.07 bits per heavy atom. The number of imidazole rings is 1. The predicted octanol–water partition coefficient (Wildman–Crippen LogP) is 2.52. The Labute approximate surface area is 93.3 Å². The zero-order valence-electron chi connectivity index (χ0n) is 8.95. The first-order chi connectivity index (χ1) is 6.91. The normalized spacial score (nSPS) is 12.3. The van der Waals surface area contributed by atoms with Gasteiger partial charge in [-0.3, -0.25) is 4.40 Å². The fourth-order valence-electron chi connectivity index (χ4n) is 1.60. The molecule has 0 radical (unpaired) electrons. The van der Waals surface area contributed by atoms with Crippen molar-refractivity contribution in [3.63, 3.8) is 0 Å². The lowest BCUT2D eigenvalue weighted by Crippen LogP contribution is -2.16. The largest absolute Gasteiger partial charge is 0.384 e. The molecule has 0 amide bonds. The summed E-state index contributed by atoms with van der Waals surface area (Å²) in [6, 6.07) is 5.74. The van der Waals surface area contributed by atoms with Crippen molar-refractivity contribution in [2.45, 2.75) is 26.4 Å². The number of hydrogen-bond donors (Lipinski definition) is 1. The summed E-state index contributed by atoms with van der Waals surface area (Å²) in [5.74, 6) is 0. The molecule has 0 aliphatic rings. The van der Waals surface area contributed by atoms with Crippen LogP contribution in [0.5, 0.6) is 0 Å². The highest BCUT2D eigenvalue weighted by atomic mass is 35.5. The number of fused-ring (bicyclic) bond motifs is 1. The standard InChI is InChI=1S/C11H13ClN2O/c1-7-5-4-6-8-13-9(11(2,3)15)10(12)14(7)8/h4-6,15H,1-3H3. The van der Waals surface area contributed by atoms with Crippen molar-refractivity contribution in [3.05, 3.63) is 34.7 Å². The van der Waals surface area contributed by atoms with Crippen molar-refractivity contribution in [1.29, 1.82) is 0 Å². The Morgan fingerprint density at radius 3 is 2.60 bits per heavy atom. The maximum absolute atomic E-state index is 9.90. The smallest absolute Gasteiger partial charge is 0.139 e. The van der Waals surface area contributed by atoms with Gasteiger partial charge in [0.1, 0.15) is 22.1 Å². The summed E-state index contributed by atoms with van der Waals surface area (Å²) in [7, 11) is 0. The third-order valence-corrected chi connectivity index (χ3v) is 2.71. The van der Waals surface area contributed by atoms with Crippen LogP contribution >= 0.6 is 11.6 Å². The van der Waals surface area contributed by atoms with Gasteiger partial charge in [-0.15, -0.1) is 0 Å². The zero-order valence-corrected chi connectivity index (χ0v) is 9.71. The van der Waals surface area contributed by atoms with Crippen molar-refractivity contribution in [1.82, 2.24) is 9.38 Å². The summed E-state index contributed by atoms with van der Waals surface area (Å²) >= 11 is 6.19. The predicted molar refractivity (Wildman–Crippen MR) is 60.2 cm³/mol. The lowest BCUT2D eigenvalue weighted by Gasteiger charge is -2.14. The Hall–Kier alpha value is -1.06. The minimum Gasteiger partial charge on any atom is -0.384 e. The monoisotopic (exact) mass is 224 g/mol. The molecule has 80 valence electrons. The van der Waals surface area contributed by atoms with E-state index in [0.29, 0.717) is 10.8 Å². The molecule has 0 bridgehead atoms. The number of hydrogen-bond acceptors (Lipinski definition) is 2. The molecule has 15 heavy (non-hydrogen) atoms. The van der Waals surface area contributed by atoms with Crippen LogP contribution in [0.2, 0.25) is 5.15 Å². The van der Waals surface area contributed by atoms with Crippen molar-refractivity contribution in [2.24, 2.45) is 0 Å². The lowest BCUT2D eigenvalue weighted by atomic mass is 10.1. The third-order valence-electron chi connectivity index (χ3n) is 2.36. The molecule has 0 aliphatic heterocycles. The van der Waals surface area contributed by atoms with Crippen LogP contribution in [0, 0.1) is 6.92 Å². The SMILES string of the molecule is Cc1cccc2nc(C(C)(C)O)c(Cl)n12. The van der Waals surface area contributed by atoms with Gasteiger partial charge in [-0.25, -0.2) is 4.98 Å². The van der Waals surface area contributed by atoms with E-state index in [9.17, 15) is 5.11 Å². The summed E-state index contributed by atoms with van der Waals surface area (Å²) in [4.78, 5) is 4.33. The molecule has 1 N–H and O–H groups in total. The second-order valence-electron chi connectivity index (χ2n) is 4.17. The summed E-state index contributed by atoms with van der Waals surface area (Å²) in [6.07, 6.45) is 0. The fourth-order valence-corrected chi connectivity index (χ4v) is 2.10. The number of nitrogens with zero attached hydrogens (tertiary/aromatic N) is 2. The molecule has 0 saturated carbocycles. The molecule has 3 nitrogen and oxygen atoms in total. The molecule has 0 atom stereocenters. The van der Waals surface area contributed by atoms with E-state index < -0.39 is 5.60 Å². The van der Waals surface area contributed by atoms with E-state index >= 15 is 0 Å². The first kappa shape index (κ1) is 10.5. The second kappa shape index (κ2) is 3.22. The molecular formula is C11H13ClN2O. The van der Waals surface area contributed by atoms with Gasteiger partial charge < -0.3 is 5.11 Å². The van der Waals surface area contributed by atoms with E-state index in [0.717, 1.165) is 11.3 Å². The molecule has 0 spiro atoms. The number of rotatable bonds is 1. The molecule has 4 heteroatoms. The molecule has 0 aromatic carbocycles. The Bertz CT molecular complexity index is 511. The number of aryl methyl sites for hydroxylation is 1. The van der Waals surface area contributed by atoms with Crippen molar-refractivity contribution in [2.75, 3.05) is 0 Å². The minimum absolute atomic E-state index is 0.482. The molecular weight excluding hydrogens is 212 g/mol. The highest BCUT2D eigenvalue weighted by Gasteiger charge is 2.25. The fraction of sp³-hybridized carbons (Fsp3) is 0.364. The Balaban J connectivity index is 2.82. The molecule has 2 aromatic rings. The molecule has 0 unspecified atom stereocenters. The van der Waals surface area contributed by atoms with Crippen LogP contribution < -0.4 is 0 Å². The molecule has 2 rings (SSSR count). The average Bonchev–Trinajstić information content (AvgIpc) is 2.44. The van der Waals surface area contributed by atoms with Crippen LogP contribution in [0.4, 0.5) is 0 Å². The summed E-state index contributed by atoms with van der Waals surface area (Å²) in [5.41, 5.74) is 1.26. The highest BCUT2D eigenvalue weighted by molar-refractivity contribution is 6.30. The van der Waals surface area contributed by atoms with Gasteiger partial charge in [-0.1, -0.05) is 17.7 Å². The van der Waals surface area contributed by atoms with Gasteiger partial charge in [-0.05, 0) is 32.9 Å². The first-order valence-corrected chi connectivity index (χ1v) is 5.15. The van der Waals surface area contributed by atoms with E-state index in [1.165, 1.54) is 0 Å². The maximum Gasteiger partial charge on any atom is 0.139 e. The quantitative estimate of drug-likeness (QED) is 0.808. The number of aliphatic hydroxyl groups is 1. The van der Waals surface area contributed by atoms with Crippen LogP contribution in [0.1, 0.15) is 25.2 Å². The van der Waals surface area contributed by atoms with Crippen LogP contribution in [-0.4, -0.2) is 14.5 Å². The summed E-state index contributed by atoms with van der Waals surface area (Å²) < 4.78 is 1.83. The second-order valence-corrected chi connectivity index (χ2v) is 4.53. The first-order valence-electron chi connectivity index (χ1n) is 4.77. The van der Waals surface area contributed by atoms with Gasteiger partial charge in [0, 0.05) is 5.69 Å².